The summed E-state index contributed by atoms with van der Waals surface area (Å²) in [5, 5.41) is 18.8. The van der Waals surface area contributed by atoms with Gasteiger partial charge in [-0.15, -0.1) is 11.3 Å². The monoisotopic (exact) mass is 452 g/mol. The number of hydrogen-bond acceptors (Lipinski definition) is 6. The van der Waals surface area contributed by atoms with Crippen LogP contribution < -0.4 is 10.5 Å². The second-order valence-electron chi connectivity index (χ2n) is 7.40. The number of rotatable bonds is 6. The van der Waals surface area contributed by atoms with Gasteiger partial charge in [0.05, 0.1) is 12.0 Å². The van der Waals surface area contributed by atoms with Gasteiger partial charge in [-0.1, -0.05) is 24.3 Å². The quantitative estimate of drug-likeness (QED) is 0.540. The summed E-state index contributed by atoms with van der Waals surface area (Å²) in [5.74, 6) is -0.389. The van der Waals surface area contributed by atoms with Crippen LogP contribution in [0.2, 0.25) is 0 Å². The molecule has 4 rings (SSSR count). The first-order valence-corrected chi connectivity index (χ1v) is 11.5. The maximum Gasteiger partial charge on any atom is 0.229 e. The normalized spacial score (nSPS) is 13.5. The Morgan fingerprint density at radius 2 is 2.06 bits per heavy atom. The van der Waals surface area contributed by atoms with E-state index in [0.29, 0.717) is 23.7 Å². The van der Waals surface area contributed by atoms with Gasteiger partial charge in [0.15, 0.2) is 0 Å². The Bertz CT molecular complexity index is 1140. The van der Waals surface area contributed by atoms with Gasteiger partial charge in [-0.05, 0) is 59.3 Å². The van der Waals surface area contributed by atoms with Gasteiger partial charge in [0.1, 0.15) is 16.9 Å². The molecule has 158 valence electrons. The summed E-state index contributed by atoms with van der Waals surface area (Å²) >= 11 is 2.62. The first-order valence-electron chi connectivity index (χ1n) is 9.82. The van der Waals surface area contributed by atoms with Crippen LogP contribution in [-0.2, 0) is 30.7 Å². The third-order valence-corrected chi connectivity index (χ3v) is 6.90. The molecule has 0 saturated carbocycles. The van der Waals surface area contributed by atoms with Crippen LogP contribution in [0.3, 0.4) is 0 Å². The van der Waals surface area contributed by atoms with Crippen molar-refractivity contribution < 1.29 is 9.18 Å². The summed E-state index contributed by atoms with van der Waals surface area (Å²) in [6, 6.07) is 16.4. The molecule has 3 aromatic rings. The number of carbonyl (C=O) groups excluding carboxylic acids is 1. The van der Waals surface area contributed by atoms with Crippen molar-refractivity contribution >= 4 is 34.2 Å². The molecule has 0 bridgehead atoms. The molecule has 2 aromatic carbocycles. The van der Waals surface area contributed by atoms with Crippen LogP contribution in [0.4, 0.5) is 9.39 Å². The number of nitrogens with one attached hydrogen (secondary N) is 1. The van der Waals surface area contributed by atoms with Crippen LogP contribution in [0, 0.1) is 17.1 Å². The van der Waals surface area contributed by atoms with Gasteiger partial charge in [0.25, 0.3) is 0 Å². The van der Waals surface area contributed by atoms with Gasteiger partial charge in [0.2, 0.25) is 5.91 Å². The van der Waals surface area contributed by atoms with Gasteiger partial charge in [-0.3, -0.25) is 14.8 Å². The van der Waals surface area contributed by atoms with Crippen LogP contribution >= 0.6 is 23.3 Å². The fraction of sp³-hybridized carbons (Fsp3) is 0.217. The van der Waals surface area contributed by atoms with Crippen molar-refractivity contribution in [2.24, 2.45) is 5.14 Å². The van der Waals surface area contributed by atoms with E-state index in [-0.39, 0.29) is 18.1 Å². The zero-order valence-corrected chi connectivity index (χ0v) is 18.4. The number of halogens is 1. The molecule has 0 atom stereocenters. The maximum atomic E-state index is 13.5. The third kappa shape index (κ3) is 5.14. The standard InChI is InChI=1S/C23H21FN4OS2/c24-17-3-1-2-16(10-17)13-28-9-8-19-20(12-25)23(30-21(19)14-28)27-22(29)11-15-4-6-18(31-26)7-5-15/h1-7,10H,8-9,11,13-14,26H2,(H,27,29). The summed E-state index contributed by atoms with van der Waals surface area (Å²) in [4.78, 5) is 16.8. The van der Waals surface area contributed by atoms with E-state index >= 15 is 0 Å². The summed E-state index contributed by atoms with van der Waals surface area (Å²) in [6.07, 6.45) is 0.965. The Labute approximate surface area is 188 Å². The van der Waals surface area contributed by atoms with Gasteiger partial charge in [-0.2, -0.15) is 5.26 Å². The Kier molecular flexibility index (Phi) is 6.68. The molecule has 1 aromatic heterocycles. The summed E-state index contributed by atoms with van der Waals surface area (Å²) < 4.78 is 13.5. The predicted octanol–water partition coefficient (Wildman–Crippen LogP) is 4.46. The molecule has 31 heavy (non-hydrogen) atoms. The minimum atomic E-state index is -0.237. The Hall–Kier alpha value is -2.70. The molecule has 0 fully saturated rings. The summed E-state index contributed by atoms with van der Waals surface area (Å²) in [7, 11) is 0. The number of fused-ring (bicyclic) bond motifs is 1. The average Bonchev–Trinajstić information content (AvgIpc) is 3.10. The second kappa shape index (κ2) is 9.62. The van der Waals surface area contributed by atoms with Crippen molar-refractivity contribution in [3.8, 4) is 6.07 Å². The van der Waals surface area contributed by atoms with E-state index in [4.69, 9.17) is 5.14 Å². The molecule has 1 aliphatic heterocycles. The number of hydrogen-bond donors (Lipinski definition) is 2. The molecule has 0 spiro atoms. The number of nitrogens with zero attached hydrogens (tertiary/aromatic N) is 2. The van der Waals surface area contributed by atoms with Crippen LogP contribution in [-0.4, -0.2) is 17.4 Å². The minimum Gasteiger partial charge on any atom is -0.316 e. The van der Waals surface area contributed by atoms with E-state index in [9.17, 15) is 14.4 Å². The number of benzene rings is 2. The molecule has 0 radical (unpaired) electrons. The zero-order chi connectivity index (χ0) is 21.8. The number of nitrogens with two attached hydrogens (primary N) is 1. The highest BCUT2D eigenvalue weighted by Gasteiger charge is 2.25. The number of nitriles is 1. The maximum absolute atomic E-state index is 13.5. The number of carbonyl (C=O) groups is 1. The Morgan fingerprint density at radius 1 is 1.26 bits per heavy atom. The molecule has 8 heteroatoms. The van der Waals surface area contributed by atoms with Crippen LogP contribution in [0.5, 0.6) is 0 Å². The van der Waals surface area contributed by atoms with E-state index in [1.807, 2.05) is 30.3 Å². The van der Waals surface area contributed by atoms with Gasteiger partial charge < -0.3 is 5.32 Å². The molecule has 3 N–H and O–H groups in total. The van der Waals surface area contributed by atoms with Crippen LogP contribution in [0.15, 0.2) is 53.4 Å². The zero-order valence-electron chi connectivity index (χ0n) is 16.7. The highest BCUT2D eigenvalue weighted by Crippen LogP contribution is 2.37. The van der Waals surface area contributed by atoms with E-state index < -0.39 is 0 Å². The first kappa shape index (κ1) is 21.5. The second-order valence-corrected chi connectivity index (χ2v) is 9.21. The van der Waals surface area contributed by atoms with Crippen molar-refractivity contribution in [1.82, 2.24) is 4.90 Å². The largest absolute Gasteiger partial charge is 0.316 e. The SMILES string of the molecule is N#Cc1c(NC(=O)Cc2ccc(SN)cc2)sc2c1CCN(Cc1cccc(F)c1)C2. The van der Waals surface area contributed by atoms with E-state index in [1.54, 1.807) is 12.1 Å². The third-order valence-electron chi connectivity index (χ3n) is 5.22. The molecule has 0 unspecified atom stereocenters. The van der Waals surface area contributed by atoms with Gasteiger partial charge in [0, 0.05) is 29.4 Å². The predicted molar refractivity (Wildman–Crippen MR) is 122 cm³/mol. The Morgan fingerprint density at radius 3 is 2.77 bits per heavy atom. The van der Waals surface area contributed by atoms with Crippen molar-refractivity contribution in [3.63, 3.8) is 0 Å². The van der Waals surface area contributed by atoms with Crippen molar-refractivity contribution in [1.29, 1.82) is 5.26 Å². The van der Waals surface area contributed by atoms with Gasteiger partial charge in [-0.25, -0.2) is 4.39 Å². The average molecular weight is 453 g/mol. The Balaban J connectivity index is 1.45. The molecular weight excluding hydrogens is 431 g/mol. The lowest BCUT2D eigenvalue weighted by Crippen LogP contribution is -2.29. The summed E-state index contributed by atoms with van der Waals surface area (Å²) in [6.45, 7) is 2.11. The lowest BCUT2D eigenvalue weighted by Gasteiger charge is -2.26. The smallest absolute Gasteiger partial charge is 0.229 e. The topological polar surface area (TPSA) is 82.1 Å². The molecular formula is C23H21FN4OS2. The highest BCUT2D eigenvalue weighted by molar-refractivity contribution is 7.97. The number of amides is 1. The van der Waals surface area contributed by atoms with Crippen LogP contribution in [0.1, 0.15) is 27.1 Å². The van der Waals surface area contributed by atoms with Crippen molar-refractivity contribution in [2.75, 3.05) is 11.9 Å². The summed E-state index contributed by atoms with van der Waals surface area (Å²) in [5.41, 5.74) is 3.39. The molecule has 1 aliphatic rings. The lowest BCUT2D eigenvalue weighted by molar-refractivity contribution is -0.115. The highest BCUT2D eigenvalue weighted by atomic mass is 32.2. The van der Waals surface area contributed by atoms with E-state index in [0.717, 1.165) is 51.4 Å². The molecule has 5 nitrogen and oxygen atoms in total. The molecule has 0 aliphatic carbocycles. The fourth-order valence-corrected chi connectivity index (χ4v) is 5.28. The van der Waals surface area contributed by atoms with E-state index in [2.05, 4.69) is 16.3 Å². The first-order chi connectivity index (χ1) is 15.1. The van der Waals surface area contributed by atoms with Crippen molar-refractivity contribution in [3.05, 3.63) is 81.5 Å². The molecule has 2 heterocycles. The molecule has 1 amide bonds. The lowest BCUT2D eigenvalue weighted by atomic mass is 10.0. The van der Waals surface area contributed by atoms with Crippen molar-refractivity contribution in [2.45, 2.75) is 30.8 Å². The number of anilines is 1. The molecule has 0 saturated heterocycles. The van der Waals surface area contributed by atoms with Gasteiger partial charge >= 0.3 is 0 Å². The number of thiophene rings is 1. The fourth-order valence-electron chi connectivity index (χ4n) is 3.73. The van der Waals surface area contributed by atoms with E-state index in [1.165, 1.54) is 17.4 Å². The minimum absolute atomic E-state index is 0.153. The van der Waals surface area contributed by atoms with Crippen LogP contribution in [0.25, 0.3) is 0 Å².